The Kier molecular flexibility index (Phi) is 12.0. The van der Waals surface area contributed by atoms with Crippen molar-refractivity contribution in [3.8, 4) is 0 Å². The lowest BCUT2D eigenvalue weighted by molar-refractivity contribution is -0.158. The number of hydrogen-bond donors (Lipinski definition) is 0. The number of hydrogen-bond acceptors (Lipinski definition) is 7. The number of aromatic nitrogens is 1. The SMILES string of the molecule is CCOC(=O)CN(CCc1ccc(Cl)cc1Cl)C(=O)CC1C(=O)N(CCc2ccccn2)CC(=O)N1CCc1cccs1. The van der Waals surface area contributed by atoms with Gasteiger partial charge >= 0.3 is 5.97 Å². The molecule has 1 atom stereocenters. The third-order valence-electron chi connectivity index (χ3n) is 7.17. The molecule has 0 saturated carbocycles. The summed E-state index contributed by atoms with van der Waals surface area (Å²) in [4.78, 5) is 63.2. The van der Waals surface area contributed by atoms with E-state index in [1.165, 1.54) is 14.7 Å². The first-order valence-corrected chi connectivity index (χ1v) is 15.8. The molecule has 12 heteroatoms. The number of rotatable bonds is 14. The van der Waals surface area contributed by atoms with Crippen molar-refractivity contribution in [2.75, 3.05) is 39.3 Å². The lowest BCUT2D eigenvalue weighted by atomic mass is 10.0. The summed E-state index contributed by atoms with van der Waals surface area (Å²) in [7, 11) is 0. The van der Waals surface area contributed by atoms with Crippen LogP contribution in [-0.4, -0.2) is 88.7 Å². The topological polar surface area (TPSA) is 100 Å². The molecule has 1 unspecified atom stereocenters. The second kappa shape index (κ2) is 15.8. The van der Waals surface area contributed by atoms with E-state index in [1.54, 1.807) is 42.7 Å². The molecule has 9 nitrogen and oxygen atoms in total. The van der Waals surface area contributed by atoms with Crippen molar-refractivity contribution < 1.29 is 23.9 Å². The van der Waals surface area contributed by atoms with E-state index in [9.17, 15) is 19.2 Å². The highest BCUT2D eigenvalue weighted by Crippen LogP contribution is 2.23. The first-order valence-electron chi connectivity index (χ1n) is 14.1. The minimum absolute atomic E-state index is 0.0671. The molecule has 1 saturated heterocycles. The van der Waals surface area contributed by atoms with Crippen LogP contribution in [0.2, 0.25) is 10.0 Å². The number of esters is 1. The highest BCUT2D eigenvalue weighted by atomic mass is 35.5. The monoisotopic (exact) mass is 644 g/mol. The Morgan fingerprint density at radius 2 is 1.91 bits per heavy atom. The van der Waals surface area contributed by atoms with Gasteiger partial charge < -0.3 is 19.4 Å². The lowest BCUT2D eigenvalue weighted by Crippen LogP contribution is -2.61. The van der Waals surface area contributed by atoms with E-state index in [1.807, 2.05) is 35.7 Å². The summed E-state index contributed by atoms with van der Waals surface area (Å²) in [6, 6.07) is 13.6. The van der Waals surface area contributed by atoms with Crippen molar-refractivity contribution in [2.45, 2.75) is 38.6 Å². The van der Waals surface area contributed by atoms with E-state index in [4.69, 9.17) is 27.9 Å². The van der Waals surface area contributed by atoms with Gasteiger partial charge in [0.15, 0.2) is 0 Å². The van der Waals surface area contributed by atoms with Gasteiger partial charge in [0.2, 0.25) is 17.7 Å². The fourth-order valence-electron chi connectivity index (χ4n) is 4.93. The van der Waals surface area contributed by atoms with Crippen molar-refractivity contribution >= 4 is 58.2 Å². The van der Waals surface area contributed by atoms with Crippen molar-refractivity contribution in [1.29, 1.82) is 0 Å². The van der Waals surface area contributed by atoms with Gasteiger partial charge in [-0.25, -0.2) is 0 Å². The van der Waals surface area contributed by atoms with Gasteiger partial charge in [0.05, 0.1) is 19.6 Å². The van der Waals surface area contributed by atoms with E-state index < -0.39 is 17.9 Å². The van der Waals surface area contributed by atoms with Crippen LogP contribution in [0.25, 0.3) is 0 Å². The van der Waals surface area contributed by atoms with E-state index >= 15 is 0 Å². The van der Waals surface area contributed by atoms with Gasteiger partial charge in [-0.1, -0.05) is 41.4 Å². The Hall–Kier alpha value is -3.47. The van der Waals surface area contributed by atoms with Crippen molar-refractivity contribution in [3.05, 3.63) is 86.3 Å². The zero-order chi connectivity index (χ0) is 30.8. The number of thiophene rings is 1. The summed E-state index contributed by atoms with van der Waals surface area (Å²) < 4.78 is 5.11. The van der Waals surface area contributed by atoms with Crippen molar-refractivity contribution in [3.63, 3.8) is 0 Å². The van der Waals surface area contributed by atoms with Gasteiger partial charge in [0, 0.05) is 52.9 Å². The second-order valence-corrected chi connectivity index (χ2v) is 11.9. The molecule has 0 aliphatic carbocycles. The molecule has 1 fully saturated rings. The standard InChI is InChI=1S/C31H34Cl2N4O5S/c1-2-42-30(40)21-35(14-10-22-8-9-23(32)18-26(22)33)28(38)19-27-31(41)36(15-11-24-6-3-4-13-34-24)20-29(39)37(27)16-12-25-7-5-17-43-25/h3-9,13,17-18,27H,2,10-12,14-16,19-21H2,1H3. The summed E-state index contributed by atoms with van der Waals surface area (Å²) in [5, 5.41) is 2.90. The Bertz CT molecular complexity index is 1410. The average molecular weight is 646 g/mol. The number of nitrogens with zero attached hydrogens (tertiary/aromatic N) is 4. The van der Waals surface area contributed by atoms with Crippen LogP contribution < -0.4 is 0 Å². The predicted octanol–water partition coefficient (Wildman–Crippen LogP) is 4.30. The predicted molar refractivity (Wildman–Crippen MR) is 166 cm³/mol. The first-order chi connectivity index (χ1) is 20.7. The molecule has 3 heterocycles. The van der Waals surface area contributed by atoms with Crippen LogP contribution in [0.5, 0.6) is 0 Å². The van der Waals surface area contributed by atoms with Crippen LogP contribution >= 0.6 is 34.5 Å². The molecular weight excluding hydrogens is 611 g/mol. The lowest BCUT2D eigenvalue weighted by Gasteiger charge is -2.40. The number of carbonyl (C=O) groups is 4. The molecule has 0 bridgehead atoms. The second-order valence-electron chi connectivity index (χ2n) is 10.1. The molecule has 43 heavy (non-hydrogen) atoms. The van der Waals surface area contributed by atoms with Gasteiger partial charge in [-0.2, -0.15) is 0 Å². The first kappa shape index (κ1) is 32.4. The number of carbonyl (C=O) groups excluding carboxylic acids is 4. The number of ether oxygens (including phenoxy) is 1. The summed E-state index contributed by atoms with van der Waals surface area (Å²) >= 11 is 13.9. The summed E-state index contributed by atoms with van der Waals surface area (Å²) in [5.41, 5.74) is 1.56. The van der Waals surface area contributed by atoms with Gasteiger partial charge in [-0.15, -0.1) is 11.3 Å². The molecule has 0 spiro atoms. The molecule has 1 aliphatic heterocycles. The third-order valence-corrected chi connectivity index (χ3v) is 8.70. The van der Waals surface area contributed by atoms with Gasteiger partial charge in [-0.3, -0.25) is 24.2 Å². The van der Waals surface area contributed by atoms with Crippen molar-refractivity contribution in [1.82, 2.24) is 19.7 Å². The van der Waals surface area contributed by atoms with E-state index in [-0.39, 0.29) is 44.5 Å². The van der Waals surface area contributed by atoms with Crippen LogP contribution in [0.3, 0.4) is 0 Å². The molecule has 1 aromatic carbocycles. The molecule has 1 aliphatic rings. The van der Waals surface area contributed by atoms with Gasteiger partial charge in [-0.05, 0) is 61.0 Å². The van der Waals surface area contributed by atoms with Crippen LogP contribution in [0, 0.1) is 0 Å². The minimum atomic E-state index is -0.999. The van der Waals surface area contributed by atoms with Gasteiger partial charge in [0.1, 0.15) is 12.6 Å². The summed E-state index contributed by atoms with van der Waals surface area (Å²) in [6.07, 6.45) is 2.82. The molecular formula is C31H34Cl2N4O5S. The maximum absolute atomic E-state index is 13.8. The van der Waals surface area contributed by atoms with E-state index in [0.717, 1.165) is 16.1 Å². The molecule has 0 radical (unpaired) electrons. The summed E-state index contributed by atoms with van der Waals surface area (Å²) in [5.74, 6) is -1.51. The Balaban J connectivity index is 1.52. The normalized spacial score (nSPS) is 15.1. The summed E-state index contributed by atoms with van der Waals surface area (Å²) in [6.45, 7) is 2.26. The maximum Gasteiger partial charge on any atom is 0.325 e. The van der Waals surface area contributed by atoms with E-state index in [0.29, 0.717) is 42.4 Å². The molecule has 228 valence electrons. The van der Waals surface area contributed by atoms with Crippen LogP contribution in [0.1, 0.15) is 29.5 Å². The molecule has 2 aromatic heterocycles. The number of pyridine rings is 1. The highest BCUT2D eigenvalue weighted by molar-refractivity contribution is 7.09. The molecule has 0 N–H and O–H groups in total. The van der Waals surface area contributed by atoms with E-state index in [2.05, 4.69) is 4.98 Å². The number of piperazine rings is 1. The average Bonchev–Trinajstić information content (AvgIpc) is 3.51. The largest absolute Gasteiger partial charge is 0.465 e. The van der Waals surface area contributed by atoms with Crippen LogP contribution in [0.15, 0.2) is 60.1 Å². The Morgan fingerprint density at radius 3 is 2.60 bits per heavy atom. The fraction of sp³-hybridized carbons (Fsp3) is 0.387. The molecule has 3 amide bonds. The minimum Gasteiger partial charge on any atom is -0.465 e. The number of benzene rings is 1. The number of amides is 3. The number of halogens is 2. The van der Waals surface area contributed by atoms with Crippen LogP contribution in [0.4, 0.5) is 0 Å². The van der Waals surface area contributed by atoms with Gasteiger partial charge in [0.25, 0.3) is 0 Å². The highest BCUT2D eigenvalue weighted by Gasteiger charge is 2.41. The molecule has 4 rings (SSSR count). The fourth-order valence-corrected chi connectivity index (χ4v) is 6.13. The Labute approximate surface area is 265 Å². The maximum atomic E-state index is 13.8. The molecule has 3 aromatic rings. The quantitative estimate of drug-likeness (QED) is 0.243. The smallest absolute Gasteiger partial charge is 0.325 e. The zero-order valence-corrected chi connectivity index (χ0v) is 26.2. The Morgan fingerprint density at radius 1 is 1.07 bits per heavy atom. The van der Waals surface area contributed by atoms with Crippen molar-refractivity contribution in [2.24, 2.45) is 0 Å². The van der Waals surface area contributed by atoms with Crippen LogP contribution in [-0.2, 0) is 43.2 Å². The zero-order valence-electron chi connectivity index (χ0n) is 23.9. The third kappa shape index (κ3) is 9.26.